The van der Waals surface area contributed by atoms with E-state index in [0.717, 1.165) is 0 Å². The van der Waals surface area contributed by atoms with E-state index in [0.29, 0.717) is 13.0 Å². The zero-order valence-electron chi connectivity index (χ0n) is 4.80. The van der Waals surface area contributed by atoms with Gasteiger partial charge in [0.15, 0.2) is 0 Å². The lowest BCUT2D eigenvalue weighted by molar-refractivity contribution is 0.377. The lowest BCUT2D eigenvalue weighted by atomic mass is 10.2. The summed E-state index contributed by atoms with van der Waals surface area (Å²) in [6, 6.07) is -0.146. The maximum atomic E-state index is 8.52. The summed E-state index contributed by atoms with van der Waals surface area (Å²) in [6.45, 7) is 3.65. The fraction of sp³-hybridized carbons (Fsp3) is 0.600. The standard InChI is InChI=1S/C5H12N2O/c1-4(8)2-5(7)3-6/h5,8H,1-3,6-7H2. The topological polar surface area (TPSA) is 72.3 Å². The first-order valence-electron chi connectivity index (χ1n) is 2.49. The van der Waals surface area contributed by atoms with E-state index in [4.69, 9.17) is 16.6 Å². The Morgan fingerprint density at radius 2 is 2.25 bits per heavy atom. The van der Waals surface area contributed by atoms with Crippen molar-refractivity contribution in [1.82, 2.24) is 0 Å². The third kappa shape index (κ3) is 3.64. The zero-order chi connectivity index (χ0) is 6.57. The predicted molar refractivity (Wildman–Crippen MR) is 33.4 cm³/mol. The van der Waals surface area contributed by atoms with Crippen LogP contribution in [-0.4, -0.2) is 17.7 Å². The normalized spacial score (nSPS) is 13.2. The second-order valence-electron chi connectivity index (χ2n) is 1.77. The molecule has 0 fully saturated rings. The van der Waals surface area contributed by atoms with Gasteiger partial charge in [-0.15, -0.1) is 0 Å². The molecule has 5 N–H and O–H groups in total. The van der Waals surface area contributed by atoms with Gasteiger partial charge in [0.05, 0.1) is 5.76 Å². The maximum absolute atomic E-state index is 8.52. The molecule has 8 heavy (non-hydrogen) atoms. The Kier molecular flexibility index (Phi) is 3.23. The van der Waals surface area contributed by atoms with E-state index in [1.54, 1.807) is 0 Å². The lowest BCUT2D eigenvalue weighted by Gasteiger charge is -2.04. The van der Waals surface area contributed by atoms with Crippen LogP contribution in [0.25, 0.3) is 0 Å². The van der Waals surface area contributed by atoms with Gasteiger partial charge in [-0.2, -0.15) is 0 Å². The molecule has 0 aromatic rings. The number of aliphatic hydroxyl groups excluding tert-OH is 1. The lowest BCUT2D eigenvalue weighted by Crippen LogP contribution is -2.29. The van der Waals surface area contributed by atoms with Crippen molar-refractivity contribution >= 4 is 0 Å². The molecule has 0 aliphatic heterocycles. The van der Waals surface area contributed by atoms with Gasteiger partial charge in [-0.05, 0) is 0 Å². The van der Waals surface area contributed by atoms with Gasteiger partial charge in [0.25, 0.3) is 0 Å². The Labute approximate surface area is 49.0 Å². The van der Waals surface area contributed by atoms with Crippen molar-refractivity contribution < 1.29 is 5.11 Å². The minimum Gasteiger partial charge on any atom is -0.513 e. The highest BCUT2D eigenvalue weighted by atomic mass is 16.3. The van der Waals surface area contributed by atoms with E-state index in [-0.39, 0.29) is 11.8 Å². The average molecular weight is 116 g/mol. The van der Waals surface area contributed by atoms with Crippen LogP contribution in [0.1, 0.15) is 6.42 Å². The van der Waals surface area contributed by atoms with Gasteiger partial charge in [-0.1, -0.05) is 6.58 Å². The summed E-state index contributed by atoms with van der Waals surface area (Å²) in [6.07, 6.45) is 0.399. The molecule has 48 valence electrons. The Balaban J connectivity index is 3.24. The summed E-state index contributed by atoms with van der Waals surface area (Å²) in [5.74, 6) is 0.1000. The molecular weight excluding hydrogens is 104 g/mol. The number of hydrogen-bond donors (Lipinski definition) is 3. The zero-order valence-corrected chi connectivity index (χ0v) is 4.80. The summed E-state index contributed by atoms with van der Waals surface area (Å²) in [7, 11) is 0. The molecule has 0 saturated carbocycles. The number of hydrogen-bond acceptors (Lipinski definition) is 3. The Morgan fingerprint density at radius 3 is 2.38 bits per heavy atom. The molecule has 0 rings (SSSR count). The van der Waals surface area contributed by atoms with Crippen LogP contribution in [0.5, 0.6) is 0 Å². The second-order valence-corrected chi connectivity index (χ2v) is 1.77. The van der Waals surface area contributed by atoms with Crippen LogP contribution in [0.15, 0.2) is 12.3 Å². The van der Waals surface area contributed by atoms with Crippen LogP contribution in [0.2, 0.25) is 0 Å². The van der Waals surface area contributed by atoms with Crippen LogP contribution in [0, 0.1) is 0 Å². The minimum atomic E-state index is -0.146. The first kappa shape index (κ1) is 7.46. The highest BCUT2D eigenvalue weighted by Crippen LogP contribution is 1.93. The van der Waals surface area contributed by atoms with Gasteiger partial charge in [-0.3, -0.25) is 0 Å². The van der Waals surface area contributed by atoms with Crippen molar-refractivity contribution in [2.24, 2.45) is 11.5 Å². The van der Waals surface area contributed by atoms with Gasteiger partial charge in [0.2, 0.25) is 0 Å². The minimum absolute atomic E-state index is 0.1000. The quantitative estimate of drug-likeness (QED) is 0.444. The van der Waals surface area contributed by atoms with Gasteiger partial charge in [0, 0.05) is 19.0 Å². The predicted octanol–water partition coefficient (Wildman–Crippen LogP) is -0.266. The highest BCUT2D eigenvalue weighted by molar-refractivity contribution is 4.84. The molecule has 0 spiro atoms. The molecule has 1 unspecified atom stereocenters. The summed E-state index contributed by atoms with van der Waals surface area (Å²) < 4.78 is 0. The van der Waals surface area contributed by atoms with Crippen molar-refractivity contribution in [1.29, 1.82) is 0 Å². The number of aliphatic hydroxyl groups is 1. The Bertz CT molecular complexity index is 82.5. The third-order valence-electron chi connectivity index (χ3n) is 0.801. The Morgan fingerprint density at radius 1 is 1.75 bits per heavy atom. The van der Waals surface area contributed by atoms with E-state index in [1.807, 2.05) is 0 Å². The molecule has 0 radical (unpaired) electrons. The van der Waals surface area contributed by atoms with E-state index in [9.17, 15) is 0 Å². The first-order valence-corrected chi connectivity index (χ1v) is 2.49. The molecule has 0 aromatic carbocycles. The monoisotopic (exact) mass is 116 g/mol. The summed E-state index contributed by atoms with van der Waals surface area (Å²) in [4.78, 5) is 0. The highest BCUT2D eigenvalue weighted by Gasteiger charge is 1.98. The van der Waals surface area contributed by atoms with Crippen molar-refractivity contribution in [2.75, 3.05) is 6.54 Å². The van der Waals surface area contributed by atoms with E-state index in [1.165, 1.54) is 0 Å². The molecule has 0 aromatic heterocycles. The summed E-state index contributed by atoms with van der Waals surface area (Å²) in [5.41, 5.74) is 10.5. The molecule has 0 aliphatic carbocycles. The molecule has 3 nitrogen and oxygen atoms in total. The SMILES string of the molecule is C=C(O)CC(N)CN. The largest absolute Gasteiger partial charge is 0.513 e. The second kappa shape index (κ2) is 3.46. The van der Waals surface area contributed by atoms with Crippen LogP contribution >= 0.6 is 0 Å². The molecular formula is C5H12N2O. The van der Waals surface area contributed by atoms with Crippen molar-refractivity contribution in [3.8, 4) is 0 Å². The molecule has 1 atom stereocenters. The molecule has 0 aliphatic rings. The molecule has 3 heteroatoms. The smallest absolute Gasteiger partial charge is 0.0867 e. The fourth-order valence-electron chi connectivity index (χ4n) is 0.386. The summed E-state index contributed by atoms with van der Waals surface area (Å²) >= 11 is 0. The van der Waals surface area contributed by atoms with Crippen LogP contribution in [-0.2, 0) is 0 Å². The van der Waals surface area contributed by atoms with Crippen LogP contribution in [0.3, 0.4) is 0 Å². The number of rotatable bonds is 3. The van der Waals surface area contributed by atoms with Crippen molar-refractivity contribution in [3.05, 3.63) is 12.3 Å². The summed E-state index contributed by atoms with van der Waals surface area (Å²) in [5, 5.41) is 8.52. The van der Waals surface area contributed by atoms with Crippen LogP contribution in [0.4, 0.5) is 0 Å². The fourth-order valence-corrected chi connectivity index (χ4v) is 0.386. The van der Waals surface area contributed by atoms with Gasteiger partial charge < -0.3 is 16.6 Å². The van der Waals surface area contributed by atoms with E-state index < -0.39 is 0 Å². The molecule has 0 heterocycles. The van der Waals surface area contributed by atoms with Crippen molar-refractivity contribution in [3.63, 3.8) is 0 Å². The van der Waals surface area contributed by atoms with Crippen LogP contribution < -0.4 is 11.5 Å². The number of nitrogens with two attached hydrogens (primary N) is 2. The molecule has 0 saturated heterocycles. The van der Waals surface area contributed by atoms with Crippen molar-refractivity contribution in [2.45, 2.75) is 12.5 Å². The van der Waals surface area contributed by atoms with Gasteiger partial charge >= 0.3 is 0 Å². The maximum Gasteiger partial charge on any atom is 0.0867 e. The first-order chi connectivity index (χ1) is 3.66. The molecule has 0 bridgehead atoms. The van der Waals surface area contributed by atoms with Gasteiger partial charge in [0.1, 0.15) is 0 Å². The van der Waals surface area contributed by atoms with Gasteiger partial charge in [-0.25, -0.2) is 0 Å². The van der Waals surface area contributed by atoms with E-state index in [2.05, 4.69) is 6.58 Å². The third-order valence-corrected chi connectivity index (χ3v) is 0.801. The molecule has 0 amide bonds. The average Bonchev–Trinajstić information content (AvgIpc) is 1.65. The Hall–Kier alpha value is -0.540. The van der Waals surface area contributed by atoms with E-state index >= 15 is 0 Å².